The fourth-order valence-corrected chi connectivity index (χ4v) is 5.23. The first-order valence-electron chi connectivity index (χ1n) is 11.0. The molecule has 3 aliphatic rings. The molecule has 0 unspecified atom stereocenters. The van der Waals surface area contributed by atoms with E-state index < -0.39 is 0 Å². The molecule has 32 heavy (non-hydrogen) atoms. The molecule has 2 aliphatic heterocycles. The summed E-state index contributed by atoms with van der Waals surface area (Å²) in [6.07, 6.45) is 0.831. The van der Waals surface area contributed by atoms with Crippen molar-refractivity contribution in [1.82, 2.24) is 14.5 Å². The SMILES string of the molecule is CC[C]1C(=O)Cc2c1cc1n(c2=O)Cc2c-1nc1cc3c(cc1c2CN(C)C)OCCO3. The van der Waals surface area contributed by atoms with E-state index in [2.05, 4.69) is 4.90 Å². The largest absolute Gasteiger partial charge is 0.486 e. The number of rotatable bonds is 3. The molecule has 1 radical (unpaired) electrons. The normalized spacial score (nSPS) is 16.6. The Bertz CT molecular complexity index is 1370. The lowest BCUT2D eigenvalue weighted by molar-refractivity contribution is -0.115. The first kappa shape index (κ1) is 19.5. The van der Waals surface area contributed by atoms with E-state index in [4.69, 9.17) is 14.5 Å². The van der Waals surface area contributed by atoms with Crippen molar-refractivity contribution in [3.05, 3.63) is 56.7 Å². The summed E-state index contributed by atoms with van der Waals surface area (Å²) in [4.78, 5) is 33.0. The van der Waals surface area contributed by atoms with Crippen LogP contribution in [0, 0.1) is 5.92 Å². The first-order valence-corrected chi connectivity index (χ1v) is 11.0. The average molecular weight is 430 g/mol. The number of fused-ring (bicyclic) bond motifs is 6. The van der Waals surface area contributed by atoms with Crippen LogP contribution in [-0.4, -0.2) is 47.5 Å². The van der Waals surface area contributed by atoms with Crippen LogP contribution in [-0.2, 0) is 24.3 Å². The fraction of sp³-hybridized carbons (Fsp3) is 0.360. The van der Waals surface area contributed by atoms with E-state index in [1.165, 1.54) is 0 Å². The van der Waals surface area contributed by atoms with Gasteiger partial charge >= 0.3 is 0 Å². The van der Waals surface area contributed by atoms with Crippen LogP contribution < -0.4 is 15.0 Å². The maximum atomic E-state index is 13.4. The quantitative estimate of drug-likeness (QED) is 0.498. The van der Waals surface area contributed by atoms with Crippen LogP contribution in [0.25, 0.3) is 22.3 Å². The molecule has 0 saturated heterocycles. The molecule has 163 valence electrons. The maximum Gasteiger partial charge on any atom is 0.255 e. The van der Waals surface area contributed by atoms with Gasteiger partial charge in [0.1, 0.15) is 19.0 Å². The summed E-state index contributed by atoms with van der Waals surface area (Å²) in [5, 5.41) is 1.02. The minimum atomic E-state index is -0.0712. The highest BCUT2D eigenvalue weighted by molar-refractivity contribution is 6.02. The summed E-state index contributed by atoms with van der Waals surface area (Å²) >= 11 is 0. The molecule has 6 rings (SSSR count). The van der Waals surface area contributed by atoms with Gasteiger partial charge in [-0.1, -0.05) is 6.92 Å². The van der Waals surface area contributed by atoms with E-state index >= 15 is 0 Å². The maximum absolute atomic E-state index is 13.4. The molecule has 7 heteroatoms. The third kappa shape index (κ3) is 2.67. The van der Waals surface area contributed by atoms with E-state index in [0.717, 1.165) is 50.6 Å². The van der Waals surface area contributed by atoms with E-state index in [9.17, 15) is 9.59 Å². The number of ether oxygens (including phenoxy) is 2. The highest BCUT2D eigenvalue weighted by Crippen LogP contribution is 2.42. The van der Waals surface area contributed by atoms with Gasteiger partial charge in [0, 0.05) is 35.5 Å². The molecule has 4 heterocycles. The average Bonchev–Trinajstić information content (AvgIpc) is 3.30. The lowest BCUT2D eigenvalue weighted by atomic mass is 9.96. The Kier molecular flexibility index (Phi) is 4.21. The summed E-state index contributed by atoms with van der Waals surface area (Å²) < 4.78 is 13.4. The molecule has 3 aromatic rings. The summed E-state index contributed by atoms with van der Waals surface area (Å²) in [7, 11) is 4.07. The Balaban J connectivity index is 1.62. The van der Waals surface area contributed by atoms with Crippen LogP contribution in [0.3, 0.4) is 0 Å². The number of carbonyl (C=O) groups excluding carboxylic acids is 1. The van der Waals surface area contributed by atoms with Gasteiger partial charge in [0.15, 0.2) is 11.5 Å². The predicted molar refractivity (Wildman–Crippen MR) is 120 cm³/mol. The van der Waals surface area contributed by atoms with Crippen molar-refractivity contribution in [3.63, 3.8) is 0 Å². The molecule has 0 fully saturated rings. The van der Waals surface area contributed by atoms with E-state index in [1.54, 1.807) is 4.57 Å². The van der Waals surface area contributed by atoms with Crippen LogP contribution in [0.1, 0.15) is 35.6 Å². The summed E-state index contributed by atoms with van der Waals surface area (Å²) in [5.74, 6) is 2.25. The number of nitrogens with zero attached hydrogens (tertiary/aromatic N) is 3. The van der Waals surface area contributed by atoms with Gasteiger partial charge < -0.3 is 18.9 Å². The number of hydrogen-bond donors (Lipinski definition) is 0. The van der Waals surface area contributed by atoms with Crippen molar-refractivity contribution in [3.8, 4) is 22.9 Å². The van der Waals surface area contributed by atoms with Crippen LogP contribution in [0.2, 0.25) is 0 Å². The smallest absolute Gasteiger partial charge is 0.255 e. The van der Waals surface area contributed by atoms with E-state index in [0.29, 0.717) is 44.0 Å². The van der Waals surface area contributed by atoms with Gasteiger partial charge in [0.2, 0.25) is 0 Å². The number of aromatic nitrogens is 2. The number of ketones is 1. The minimum absolute atomic E-state index is 0.0626. The highest BCUT2D eigenvalue weighted by atomic mass is 16.6. The lowest BCUT2D eigenvalue weighted by Gasteiger charge is -2.21. The van der Waals surface area contributed by atoms with Crippen LogP contribution in [0.4, 0.5) is 0 Å². The van der Waals surface area contributed by atoms with Crippen molar-refractivity contribution in [2.45, 2.75) is 32.9 Å². The van der Waals surface area contributed by atoms with E-state index in [-0.39, 0.29) is 17.8 Å². The zero-order chi connectivity index (χ0) is 22.1. The summed E-state index contributed by atoms with van der Waals surface area (Å²) in [5.41, 5.74) is 6.00. The van der Waals surface area contributed by atoms with Crippen molar-refractivity contribution in [2.24, 2.45) is 0 Å². The number of Topliss-reactive ketones (excluding diaryl/α,β-unsaturated/α-hetero) is 1. The molecule has 0 amide bonds. The number of pyridine rings is 2. The van der Waals surface area contributed by atoms with Crippen molar-refractivity contribution in [2.75, 3.05) is 27.3 Å². The molecule has 7 nitrogen and oxygen atoms in total. The minimum Gasteiger partial charge on any atom is -0.486 e. The third-order valence-corrected chi connectivity index (χ3v) is 6.65. The second kappa shape index (κ2) is 6.90. The molecule has 0 bridgehead atoms. The summed E-state index contributed by atoms with van der Waals surface area (Å²) in [6, 6.07) is 5.95. The molecule has 0 atom stereocenters. The molecule has 1 aromatic carbocycles. The van der Waals surface area contributed by atoms with Gasteiger partial charge in [-0.2, -0.15) is 0 Å². The molecule has 0 N–H and O–H groups in total. The van der Waals surface area contributed by atoms with Crippen LogP contribution >= 0.6 is 0 Å². The standard InChI is InChI=1S/C25H24N3O4/c1-4-13-14-7-20-24-18(12-28(20)25(30)16(14)8-21(13)29)17(11-27(2)3)15-9-22-23(10-19(15)26-24)32-6-5-31-22/h7,9-10H,4-6,8,11-12H2,1-3H3. The Morgan fingerprint density at radius 1 is 1.06 bits per heavy atom. The molecule has 0 saturated carbocycles. The second-order valence-electron chi connectivity index (χ2n) is 8.91. The molecular formula is C25H24N3O4. The van der Waals surface area contributed by atoms with Gasteiger partial charge in [-0.25, -0.2) is 4.98 Å². The third-order valence-electron chi connectivity index (χ3n) is 6.65. The van der Waals surface area contributed by atoms with Crippen molar-refractivity contribution in [1.29, 1.82) is 0 Å². The van der Waals surface area contributed by atoms with Gasteiger partial charge in [-0.15, -0.1) is 0 Å². The van der Waals surface area contributed by atoms with Gasteiger partial charge in [0.25, 0.3) is 5.56 Å². The molecule has 0 spiro atoms. The second-order valence-corrected chi connectivity index (χ2v) is 8.91. The van der Waals surface area contributed by atoms with Crippen molar-refractivity contribution >= 4 is 16.7 Å². The Labute approximate surface area is 185 Å². The van der Waals surface area contributed by atoms with E-state index in [1.807, 2.05) is 39.2 Å². The predicted octanol–water partition coefficient (Wildman–Crippen LogP) is 2.72. The Hall–Kier alpha value is -3.19. The summed E-state index contributed by atoms with van der Waals surface area (Å²) in [6.45, 7) is 4.19. The highest BCUT2D eigenvalue weighted by Gasteiger charge is 2.36. The van der Waals surface area contributed by atoms with Crippen molar-refractivity contribution < 1.29 is 14.3 Å². The zero-order valence-electron chi connectivity index (χ0n) is 18.4. The monoisotopic (exact) mass is 430 g/mol. The number of hydrogen-bond acceptors (Lipinski definition) is 6. The fourth-order valence-electron chi connectivity index (χ4n) is 5.23. The van der Waals surface area contributed by atoms with Crippen LogP contribution in [0.15, 0.2) is 23.0 Å². The molecule has 1 aliphatic carbocycles. The Morgan fingerprint density at radius 3 is 2.53 bits per heavy atom. The van der Waals surface area contributed by atoms with Crippen LogP contribution in [0.5, 0.6) is 11.5 Å². The number of benzene rings is 1. The molecule has 2 aromatic heterocycles. The van der Waals surface area contributed by atoms with Gasteiger partial charge in [-0.05, 0) is 43.8 Å². The number of carbonyl (C=O) groups is 1. The zero-order valence-corrected chi connectivity index (χ0v) is 18.4. The first-order chi connectivity index (χ1) is 15.5. The Morgan fingerprint density at radius 2 is 1.81 bits per heavy atom. The molecular weight excluding hydrogens is 406 g/mol. The van der Waals surface area contributed by atoms with Gasteiger partial charge in [-0.3, -0.25) is 9.59 Å². The lowest BCUT2D eigenvalue weighted by Crippen LogP contribution is -2.23. The topological polar surface area (TPSA) is 73.7 Å². The van der Waals surface area contributed by atoms with Gasteiger partial charge in [0.05, 0.1) is 29.4 Å².